The van der Waals surface area contributed by atoms with Crippen LogP contribution in [-0.4, -0.2) is 17.2 Å². The minimum Gasteiger partial charge on any atom is -0.265 e. The SMILES string of the molecule is CN(C#N)c1ccc(C(C)(C)C)nn1. The Bertz CT molecular complexity index is 342. The molecular formula is C10H14N4. The Morgan fingerprint density at radius 2 is 1.93 bits per heavy atom. The fraction of sp³-hybridized carbons (Fsp3) is 0.500. The molecule has 0 radical (unpaired) electrons. The number of anilines is 1. The molecule has 1 aromatic rings. The highest BCUT2D eigenvalue weighted by atomic mass is 15.2. The van der Waals surface area contributed by atoms with Gasteiger partial charge in [-0.05, 0) is 12.1 Å². The summed E-state index contributed by atoms with van der Waals surface area (Å²) in [7, 11) is 1.65. The Hall–Kier alpha value is -1.63. The van der Waals surface area contributed by atoms with Gasteiger partial charge in [-0.2, -0.15) is 10.4 Å². The van der Waals surface area contributed by atoms with Crippen LogP contribution in [-0.2, 0) is 5.41 Å². The van der Waals surface area contributed by atoms with Crippen LogP contribution in [0.3, 0.4) is 0 Å². The first-order chi connectivity index (χ1) is 6.45. The predicted molar refractivity (Wildman–Crippen MR) is 54.7 cm³/mol. The molecule has 1 heterocycles. The number of nitriles is 1. The third-order valence-corrected chi connectivity index (χ3v) is 1.91. The molecule has 0 saturated heterocycles. The molecule has 0 unspecified atom stereocenters. The summed E-state index contributed by atoms with van der Waals surface area (Å²) >= 11 is 0. The second kappa shape index (κ2) is 3.62. The third-order valence-electron chi connectivity index (χ3n) is 1.91. The van der Waals surface area contributed by atoms with Gasteiger partial charge in [0.1, 0.15) is 0 Å². The molecular weight excluding hydrogens is 176 g/mol. The summed E-state index contributed by atoms with van der Waals surface area (Å²) in [6.45, 7) is 6.22. The third kappa shape index (κ3) is 2.19. The summed E-state index contributed by atoms with van der Waals surface area (Å²) in [5, 5.41) is 16.7. The lowest BCUT2D eigenvalue weighted by Crippen LogP contribution is -2.16. The van der Waals surface area contributed by atoms with Gasteiger partial charge in [0, 0.05) is 12.5 Å². The van der Waals surface area contributed by atoms with E-state index in [0.29, 0.717) is 5.82 Å². The molecule has 0 aliphatic carbocycles. The highest BCUT2D eigenvalue weighted by Crippen LogP contribution is 2.20. The Kier molecular flexibility index (Phi) is 2.70. The van der Waals surface area contributed by atoms with Gasteiger partial charge < -0.3 is 0 Å². The topological polar surface area (TPSA) is 52.8 Å². The molecule has 1 rings (SSSR count). The molecule has 0 amide bonds. The van der Waals surface area contributed by atoms with Gasteiger partial charge >= 0.3 is 0 Å². The van der Waals surface area contributed by atoms with Crippen LogP contribution in [0.25, 0.3) is 0 Å². The molecule has 14 heavy (non-hydrogen) atoms. The lowest BCUT2D eigenvalue weighted by atomic mass is 9.92. The lowest BCUT2D eigenvalue weighted by Gasteiger charge is -2.17. The van der Waals surface area contributed by atoms with Crippen molar-refractivity contribution in [2.75, 3.05) is 11.9 Å². The van der Waals surface area contributed by atoms with E-state index in [1.807, 2.05) is 12.3 Å². The second-order valence-corrected chi connectivity index (χ2v) is 4.19. The smallest absolute Gasteiger partial charge is 0.185 e. The Labute approximate surface area is 84.2 Å². The van der Waals surface area contributed by atoms with E-state index in [9.17, 15) is 0 Å². The molecule has 0 aromatic carbocycles. The zero-order chi connectivity index (χ0) is 10.8. The van der Waals surface area contributed by atoms with E-state index in [2.05, 4.69) is 31.0 Å². The van der Waals surface area contributed by atoms with Crippen molar-refractivity contribution in [1.82, 2.24) is 10.2 Å². The molecule has 0 fully saturated rings. The van der Waals surface area contributed by atoms with Crippen molar-refractivity contribution >= 4 is 5.82 Å². The van der Waals surface area contributed by atoms with Crippen molar-refractivity contribution in [2.45, 2.75) is 26.2 Å². The summed E-state index contributed by atoms with van der Waals surface area (Å²) in [6, 6.07) is 3.70. The highest BCUT2D eigenvalue weighted by molar-refractivity contribution is 5.41. The monoisotopic (exact) mass is 190 g/mol. The van der Waals surface area contributed by atoms with Crippen LogP contribution < -0.4 is 4.90 Å². The molecule has 0 aliphatic rings. The summed E-state index contributed by atoms with van der Waals surface area (Å²) in [4.78, 5) is 1.37. The van der Waals surface area contributed by atoms with E-state index >= 15 is 0 Å². The van der Waals surface area contributed by atoms with Crippen LogP contribution in [0.15, 0.2) is 12.1 Å². The molecule has 0 atom stereocenters. The van der Waals surface area contributed by atoms with Crippen molar-refractivity contribution in [3.63, 3.8) is 0 Å². The van der Waals surface area contributed by atoms with E-state index in [0.717, 1.165) is 5.69 Å². The largest absolute Gasteiger partial charge is 0.265 e. The lowest BCUT2D eigenvalue weighted by molar-refractivity contribution is 0.558. The number of hydrogen-bond donors (Lipinski definition) is 0. The maximum Gasteiger partial charge on any atom is 0.185 e. The molecule has 0 spiro atoms. The standard InChI is InChI=1S/C10H14N4/c1-10(2,3)8-5-6-9(13-12-8)14(4)7-11/h5-6H,1-4H3. The maximum atomic E-state index is 8.63. The van der Waals surface area contributed by atoms with Crippen molar-refractivity contribution < 1.29 is 0 Å². The number of hydrogen-bond acceptors (Lipinski definition) is 4. The van der Waals surface area contributed by atoms with Gasteiger partial charge in [-0.3, -0.25) is 4.90 Å². The summed E-state index contributed by atoms with van der Waals surface area (Å²) in [5.41, 5.74) is 0.920. The van der Waals surface area contributed by atoms with Crippen molar-refractivity contribution in [2.24, 2.45) is 0 Å². The summed E-state index contributed by atoms with van der Waals surface area (Å²) in [6.07, 6.45) is 1.97. The van der Waals surface area contributed by atoms with Gasteiger partial charge in [0.05, 0.1) is 5.69 Å². The van der Waals surface area contributed by atoms with E-state index in [1.54, 1.807) is 13.1 Å². The Morgan fingerprint density at radius 3 is 2.29 bits per heavy atom. The molecule has 0 bridgehead atoms. The fourth-order valence-corrected chi connectivity index (χ4v) is 0.955. The van der Waals surface area contributed by atoms with Gasteiger partial charge in [0.15, 0.2) is 12.0 Å². The van der Waals surface area contributed by atoms with Crippen molar-refractivity contribution in [3.05, 3.63) is 17.8 Å². The zero-order valence-electron chi connectivity index (χ0n) is 8.94. The van der Waals surface area contributed by atoms with Gasteiger partial charge in [-0.1, -0.05) is 20.8 Å². The number of aromatic nitrogens is 2. The first kappa shape index (κ1) is 10.5. The predicted octanol–water partition coefficient (Wildman–Crippen LogP) is 1.69. The maximum absolute atomic E-state index is 8.63. The molecule has 74 valence electrons. The number of rotatable bonds is 1. The minimum absolute atomic E-state index is 0.00323. The second-order valence-electron chi connectivity index (χ2n) is 4.19. The summed E-state index contributed by atoms with van der Waals surface area (Å²) < 4.78 is 0. The van der Waals surface area contributed by atoms with Gasteiger partial charge in [0.25, 0.3) is 0 Å². The normalized spacial score (nSPS) is 10.8. The average Bonchev–Trinajstić information content (AvgIpc) is 2.15. The van der Waals surface area contributed by atoms with Gasteiger partial charge in [-0.15, -0.1) is 5.10 Å². The van der Waals surface area contributed by atoms with E-state index in [-0.39, 0.29) is 5.41 Å². The van der Waals surface area contributed by atoms with Crippen LogP contribution in [0, 0.1) is 11.5 Å². The van der Waals surface area contributed by atoms with Gasteiger partial charge in [-0.25, -0.2) is 0 Å². The van der Waals surface area contributed by atoms with E-state index in [1.165, 1.54) is 4.90 Å². The molecule has 4 heteroatoms. The number of nitrogens with zero attached hydrogens (tertiary/aromatic N) is 4. The zero-order valence-corrected chi connectivity index (χ0v) is 8.94. The van der Waals surface area contributed by atoms with E-state index in [4.69, 9.17) is 5.26 Å². The molecule has 0 aliphatic heterocycles. The minimum atomic E-state index is -0.00323. The fourth-order valence-electron chi connectivity index (χ4n) is 0.955. The molecule has 1 aromatic heterocycles. The van der Waals surface area contributed by atoms with Crippen LogP contribution in [0.2, 0.25) is 0 Å². The summed E-state index contributed by atoms with van der Waals surface area (Å²) in [5.74, 6) is 0.570. The molecule has 0 N–H and O–H groups in total. The highest BCUT2D eigenvalue weighted by Gasteiger charge is 2.16. The first-order valence-corrected chi connectivity index (χ1v) is 4.43. The quantitative estimate of drug-likeness (QED) is 0.499. The van der Waals surface area contributed by atoms with Crippen LogP contribution >= 0.6 is 0 Å². The molecule has 0 saturated carbocycles. The first-order valence-electron chi connectivity index (χ1n) is 4.43. The average molecular weight is 190 g/mol. The van der Waals surface area contributed by atoms with Crippen LogP contribution in [0.1, 0.15) is 26.5 Å². The van der Waals surface area contributed by atoms with Crippen LogP contribution in [0.4, 0.5) is 5.82 Å². The molecule has 4 nitrogen and oxygen atoms in total. The Balaban J connectivity index is 2.96. The Morgan fingerprint density at radius 1 is 1.29 bits per heavy atom. The van der Waals surface area contributed by atoms with E-state index < -0.39 is 0 Å². The van der Waals surface area contributed by atoms with Crippen molar-refractivity contribution in [1.29, 1.82) is 5.26 Å². The van der Waals surface area contributed by atoms with Crippen LogP contribution in [0.5, 0.6) is 0 Å². The van der Waals surface area contributed by atoms with Crippen molar-refractivity contribution in [3.8, 4) is 6.19 Å². The van der Waals surface area contributed by atoms with Gasteiger partial charge in [0.2, 0.25) is 0 Å².